The molecule has 1 fully saturated rings. The van der Waals surface area contributed by atoms with E-state index in [0.29, 0.717) is 19.4 Å². The number of likely N-dealkylation sites (tertiary alicyclic amines) is 1. The van der Waals surface area contributed by atoms with E-state index in [-0.39, 0.29) is 23.3 Å². The summed E-state index contributed by atoms with van der Waals surface area (Å²) >= 11 is 0. The maximum atomic E-state index is 12.3. The van der Waals surface area contributed by atoms with Crippen molar-refractivity contribution in [2.24, 2.45) is 0 Å². The Hall–Kier alpha value is -0.770. The van der Waals surface area contributed by atoms with Crippen molar-refractivity contribution in [3.8, 4) is 0 Å². The van der Waals surface area contributed by atoms with E-state index in [0.717, 1.165) is 19.3 Å². The number of rotatable bonds is 4. The number of amides is 1. The number of nitrogens with zero attached hydrogens (tertiary/aromatic N) is 1. The average Bonchev–Trinajstić information content (AvgIpc) is 2.19. The van der Waals surface area contributed by atoms with Crippen LogP contribution in [0.5, 0.6) is 0 Å². The lowest BCUT2D eigenvalue weighted by molar-refractivity contribution is -0.0697. The number of unbranched alkanes of at least 4 members (excludes halogenated alkanes) is 2. The Morgan fingerprint density at radius 2 is 1.74 bits per heavy atom. The molecule has 0 aliphatic carbocycles. The summed E-state index contributed by atoms with van der Waals surface area (Å²) in [6.07, 6.45) is 3.70. The van der Waals surface area contributed by atoms with Gasteiger partial charge in [-0.15, -0.1) is 0 Å². The van der Waals surface area contributed by atoms with Crippen molar-refractivity contribution in [3.63, 3.8) is 0 Å². The van der Waals surface area contributed by atoms with Crippen molar-refractivity contribution in [3.05, 3.63) is 0 Å². The molecule has 1 aliphatic rings. The van der Waals surface area contributed by atoms with E-state index in [9.17, 15) is 9.90 Å². The van der Waals surface area contributed by atoms with E-state index in [1.165, 1.54) is 0 Å². The van der Waals surface area contributed by atoms with Crippen LogP contribution in [0.3, 0.4) is 0 Å². The molecule has 1 rings (SSSR count). The topological polar surface area (TPSA) is 49.8 Å². The van der Waals surface area contributed by atoms with Gasteiger partial charge in [0.05, 0.1) is 12.7 Å². The lowest BCUT2D eigenvalue weighted by Gasteiger charge is -2.53. The van der Waals surface area contributed by atoms with E-state index in [4.69, 9.17) is 4.74 Å². The van der Waals surface area contributed by atoms with Gasteiger partial charge in [-0.1, -0.05) is 19.8 Å². The minimum absolute atomic E-state index is 0.252. The number of hydrogen-bond acceptors (Lipinski definition) is 3. The fourth-order valence-corrected chi connectivity index (χ4v) is 3.30. The molecule has 0 spiro atoms. The smallest absolute Gasteiger partial charge is 0.410 e. The van der Waals surface area contributed by atoms with Gasteiger partial charge in [-0.3, -0.25) is 4.90 Å². The first-order valence-electron chi connectivity index (χ1n) is 7.36. The van der Waals surface area contributed by atoms with Gasteiger partial charge in [0.2, 0.25) is 0 Å². The molecule has 1 saturated heterocycles. The summed E-state index contributed by atoms with van der Waals surface area (Å²) in [4.78, 5) is 14.1. The van der Waals surface area contributed by atoms with E-state index < -0.39 is 0 Å². The number of carbonyl (C=O) groups is 1. The molecule has 0 radical (unpaired) electrons. The summed E-state index contributed by atoms with van der Waals surface area (Å²) in [5, 5.41) is 9.95. The summed E-state index contributed by atoms with van der Waals surface area (Å²) in [7, 11) is 0. The summed E-state index contributed by atoms with van der Waals surface area (Å²) in [5.41, 5.74) is -0.744. The summed E-state index contributed by atoms with van der Waals surface area (Å²) in [6.45, 7) is 10.6. The number of piperidine rings is 1. The zero-order valence-corrected chi connectivity index (χ0v) is 13.0. The van der Waals surface area contributed by atoms with Crippen molar-refractivity contribution < 1.29 is 14.6 Å². The van der Waals surface area contributed by atoms with Gasteiger partial charge in [-0.05, 0) is 47.0 Å². The van der Waals surface area contributed by atoms with Crippen molar-refractivity contribution in [1.29, 1.82) is 0 Å². The molecule has 4 heteroatoms. The highest BCUT2D eigenvalue weighted by atomic mass is 16.6. The van der Waals surface area contributed by atoms with Crippen LogP contribution in [0.15, 0.2) is 0 Å². The zero-order chi connectivity index (χ0) is 14.7. The van der Waals surface area contributed by atoms with Crippen LogP contribution in [0.1, 0.15) is 66.7 Å². The molecule has 0 aromatic rings. The molecule has 0 unspecified atom stereocenters. The Kier molecular flexibility index (Phi) is 5.25. The van der Waals surface area contributed by atoms with E-state index in [2.05, 4.69) is 6.92 Å². The largest absolute Gasteiger partial charge is 0.449 e. The molecular weight excluding hydrogens is 242 g/mol. The standard InChI is InChI=1S/C15H29NO3/c1-6-7-8-9-19-13(18)16-14(2,3)10-12(17)11-15(16,4)5/h12,17H,6-11H2,1-5H3. The van der Waals surface area contributed by atoms with Crippen LogP contribution in [-0.2, 0) is 4.74 Å². The maximum Gasteiger partial charge on any atom is 0.410 e. The molecule has 0 saturated carbocycles. The number of aliphatic hydroxyl groups excluding tert-OH is 1. The van der Waals surface area contributed by atoms with Gasteiger partial charge in [0, 0.05) is 11.1 Å². The van der Waals surface area contributed by atoms with E-state index >= 15 is 0 Å². The van der Waals surface area contributed by atoms with Crippen molar-refractivity contribution in [1.82, 2.24) is 4.90 Å². The molecule has 0 atom stereocenters. The normalized spacial score (nSPS) is 22.3. The first kappa shape index (κ1) is 16.3. The Bertz CT molecular complexity index is 295. The van der Waals surface area contributed by atoms with Gasteiger partial charge in [-0.2, -0.15) is 0 Å². The fourth-order valence-electron chi connectivity index (χ4n) is 3.30. The second-order valence-corrected chi connectivity index (χ2v) is 6.84. The van der Waals surface area contributed by atoms with Gasteiger partial charge in [0.25, 0.3) is 0 Å². The molecule has 112 valence electrons. The average molecular weight is 271 g/mol. The number of hydrogen-bond donors (Lipinski definition) is 1. The number of ether oxygens (including phenoxy) is 1. The second kappa shape index (κ2) is 6.12. The van der Waals surface area contributed by atoms with E-state index in [1.807, 2.05) is 27.7 Å². The predicted octanol–water partition coefficient (Wildman–Crippen LogP) is 3.33. The lowest BCUT2D eigenvalue weighted by atomic mass is 9.78. The molecule has 0 aromatic heterocycles. The predicted molar refractivity (Wildman–Crippen MR) is 76.1 cm³/mol. The molecule has 1 heterocycles. The maximum absolute atomic E-state index is 12.3. The van der Waals surface area contributed by atoms with Crippen molar-refractivity contribution in [2.45, 2.75) is 83.9 Å². The van der Waals surface area contributed by atoms with Gasteiger partial charge in [0.1, 0.15) is 0 Å². The third-order valence-corrected chi connectivity index (χ3v) is 3.84. The highest BCUT2D eigenvalue weighted by Crippen LogP contribution is 2.38. The highest BCUT2D eigenvalue weighted by molar-refractivity contribution is 5.70. The van der Waals surface area contributed by atoms with Crippen LogP contribution in [-0.4, -0.2) is 39.9 Å². The van der Waals surface area contributed by atoms with E-state index in [1.54, 1.807) is 4.90 Å². The van der Waals surface area contributed by atoms with Crippen LogP contribution in [0.4, 0.5) is 4.79 Å². The summed E-state index contributed by atoms with van der Waals surface area (Å²) in [5.74, 6) is 0. The fraction of sp³-hybridized carbons (Fsp3) is 0.933. The lowest BCUT2D eigenvalue weighted by Crippen LogP contribution is -2.64. The Labute approximate surface area is 117 Å². The van der Waals surface area contributed by atoms with Crippen LogP contribution in [0, 0.1) is 0 Å². The minimum Gasteiger partial charge on any atom is -0.449 e. The van der Waals surface area contributed by atoms with Crippen LogP contribution in [0.2, 0.25) is 0 Å². The first-order valence-corrected chi connectivity index (χ1v) is 7.36. The Balaban J connectivity index is 2.69. The molecule has 1 N–H and O–H groups in total. The van der Waals surface area contributed by atoms with Gasteiger partial charge < -0.3 is 9.84 Å². The van der Waals surface area contributed by atoms with Gasteiger partial charge in [0.15, 0.2) is 0 Å². The van der Waals surface area contributed by atoms with Gasteiger partial charge in [-0.25, -0.2) is 4.79 Å². The van der Waals surface area contributed by atoms with Crippen LogP contribution < -0.4 is 0 Å². The van der Waals surface area contributed by atoms with Crippen molar-refractivity contribution >= 4 is 6.09 Å². The third kappa shape index (κ3) is 4.10. The molecule has 0 aromatic carbocycles. The second-order valence-electron chi connectivity index (χ2n) is 6.84. The summed E-state index contributed by atoms with van der Waals surface area (Å²) in [6, 6.07) is 0. The summed E-state index contributed by atoms with van der Waals surface area (Å²) < 4.78 is 5.40. The SMILES string of the molecule is CCCCCOC(=O)N1C(C)(C)CC(O)CC1(C)C. The molecular formula is C15H29NO3. The Morgan fingerprint density at radius 1 is 1.21 bits per heavy atom. The zero-order valence-electron chi connectivity index (χ0n) is 13.0. The first-order chi connectivity index (χ1) is 8.70. The minimum atomic E-state index is -0.372. The van der Waals surface area contributed by atoms with Crippen LogP contribution >= 0.6 is 0 Å². The molecule has 1 aliphatic heterocycles. The quantitative estimate of drug-likeness (QED) is 0.798. The highest BCUT2D eigenvalue weighted by Gasteiger charge is 2.48. The number of carbonyl (C=O) groups excluding carboxylic acids is 1. The molecule has 19 heavy (non-hydrogen) atoms. The molecule has 4 nitrogen and oxygen atoms in total. The molecule has 1 amide bonds. The van der Waals surface area contributed by atoms with Crippen LogP contribution in [0.25, 0.3) is 0 Å². The monoisotopic (exact) mass is 271 g/mol. The van der Waals surface area contributed by atoms with Gasteiger partial charge >= 0.3 is 6.09 Å². The Morgan fingerprint density at radius 3 is 2.21 bits per heavy atom. The number of aliphatic hydroxyl groups is 1. The third-order valence-electron chi connectivity index (χ3n) is 3.84. The van der Waals surface area contributed by atoms with Crippen molar-refractivity contribution in [2.75, 3.05) is 6.61 Å². The molecule has 0 bridgehead atoms.